The lowest BCUT2D eigenvalue weighted by atomic mass is 10.1. The molecule has 6 nitrogen and oxygen atoms in total. The van der Waals surface area contributed by atoms with E-state index < -0.39 is 0 Å². The van der Waals surface area contributed by atoms with Crippen LogP contribution in [0.2, 0.25) is 0 Å². The van der Waals surface area contributed by atoms with E-state index in [9.17, 15) is 9.59 Å². The fourth-order valence-electron chi connectivity index (χ4n) is 2.67. The van der Waals surface area contributed by atoms with E-state index in [1.54, 1.807) is 0 Å². The number of anilines is 1. The van der Waals surface area contributed by atoms with Gasteiger partial charge in [-0.15, -0.1) is 10.2 Å². The van der Waals surface area contributed by atoms with Crippen LogP contribution in [0.3, 0.4) is 0 Å². The first-order valence-corrected chi connectivity index (χ1v) is 9.00. The molecule has 1 aromatic carbocycles. The summed E-state index contributed by atoms with van der Waals surface area (Å²) in [4.78, 5) is 26.2. The van der Waals surface area contributed by atoms with Crippen molar-refractivity contribution in [1.29, 1.82) is 0 Å². The van der Waals surface area contributed by atoms with E-state index in [4.69, 9.17) is 0 Å². The molecule has 1 saturated heterocycles. The van der Waals surface area contributed by atoms with Gasteiger partial charge in [-0.25, -0.2) is 0 Å². The SMILES string of the molecule is O=C(Nc1ccccc1)c1nnc(CCC(=O)N2CCCCC2)s1. The van der Waals surface area contributed by atoms with Crippen LogP contribution in [0, 0.1) is 0 Å². The molecule has 0 radical (unpaired) electrons. The van der Waals surface area contributed by atoms with Crippen molar-refractivity contribution in [3.63, 3.8) is 0 Å². The molecule has 2 amide bonds. The van der Waals surface area contributed by atoms with E-state index in [-0.39, 0.29) is 11.8 Å². The predicted octanol–water partition coefficient (Wildman–Crippen LogP) is 2.74. The third-order valence-electron chi connectivity index (χ3n) is 3.95. The van der Waals surface area contributed by atoms with Crippen LogP contribution in [0.25, 0.3) is 0 Å². The highest BCUT2D eigenvalue weighted by Crippen LogP contribution is 2.16. The summed E-state index contributed by atoms with van der Waals surface area (Å²) in [6, 6.07) is 9.23. The molecule has 1 aromatic heterocycles. The Kier molecular flexibility index (Phi) is 5.53. The number of aromatic nitrogens is 2. The van der Waals surface area contributed by atoms with E-state index in [0.29, 0.717) is 17.8 Å². The molecule has 126 valence electrons. The number of nitrogens with zero attached hydrogens (tertiary/aromatic N) is 3. The predicted molar refractivity (Wildman–Crippen MR) is 93.1 cm³/mol. The normalized spacial score (nSPS) is 14.4. The van der Waals surface area contributed by atoms with Crippen molar-refractivity contribution in [3.8, 4) is 0 Å². The van der Waals surface area contributed by atoms with Gasteiger partial charge in [0, 0.05) is 31.6 Å². The van der Waals surface area contributed by atoms with E-state index in [0.717, 1.165) is 36.6 Å². The molecule has 7 heteroatoms. The first-order chi connectivity index (χ1) is 11.7. The van der Waals surface area contributed by atoms with Crippen molar-refractivity contribution < 1.29 is 9.59 Å². The second-order valence-corrected chi connectivity index (χ2v) is 6.82. The van der Waals surface area contributed by atoms with Gasteiger partial charge in [0.1, 0.15) is 5.01 Å². The second-order valence-electron chi connectivity index (χ2n) is 5.76. The molecule has 1 fully saturated rings. The smallest absolute Gasteiger partial charge is 0.286 e. The quantitative estimate of drug-likeness (QED) is 0.905. The van der Waals surface area contributed by atoms with Gasteiger partial charge in [-0.05, 0) is 31.4 Å². The average molecular weight is 344 g/mol. The standard InChI is InChI=1S/C17H20N4O2S/c22-15(21-11-5-2-6-12-21)10-9-14-19-20-17(24-14)16(23)18-13-7-3-1-4-8-13/h1,3-4,7-8H,2,5-6,9-12H2,(H,18,23). The molecule has 2 heterocycles. The lowest BCUT2D eigenvalue weighted by molar-refractivity contribution is -0.132. The monoisotopic (exact) mass is 344 g/mol. The number of amides is 2. The Balaban J connectivity index is 1.51. The maximum Gasteiger partial charge on any atom is 0.286 e. The number of rotatable bonds is 5. The Labute approximate surface area is 144 Å². The van der Waals surface area contributed by atoms with Crippen LogP contribution in [0.15, 0.2) is 30.3 Å². The summed E-state index contributed by atoms with van der Waals surface area (Å²) >= 11 is 1.24. The minimum atomic E-state index is -0.271. The topological polar surface area (TPSA) is 75.2 Å². The molecule has 0 atom stereocenters. The first-order valence-electron chi connectivity index (χ1n) is 8.19. The average Bonchev–Trinajstić information content (AvgIpc) is 3.10. The lowest BCUT2D eigenvalue weighted by Crippen LogP contribution is -2.35. The number of carbonyl (C=O) groups excluding carboxylic acids is 2. The number of piperidine rings is 1. The zero-order chi connectivity index (χ0) is 16.8. The zero-order valence-corrected chi connectivity index (χ0v) is 14.2. The number of likely N-dealkylation sites (tertiary alicyclic amines) is 1. The number of nitrogens with one attached hydrogen (secondary N) is 1. The fourth-order valence-corrected chi connectivity index (χ4v) is 3.40. The van der Waals surface area contributed by atoms with Crippen molar-refractivity contribution in [2.24, 2.45) is 0 Å². The van der Waals surface area contributed by atoms with Crippen LogP contribution in [0.5, 0.6) is 0 Å². The molecule has 0 unspecified atom stereocenters. The Morgan fingerprint density at radius 1 is 1.08 bits per heavy atom. The van der Waals surface area contributed by atoms with E-state index in [1.165, 1.54) is 17.8 Å². The molecule has 24 heavy (non-hydrogen) atoms. The molecule has 1 N–H and O–H groups in total. The number of aryl methyl sites for hydroxylation is 1. The second kappa shape index (κ2) is 8.01. The van der Waals surface area contributed by atoms with Crippen LogP contribution in [0.4, 0.5) is 5.69 Å². The highest BCUT2D eigenvalue weighted by atomic mass is 32.1. The number of benzene rings is 1. The maximum atomic E-state index is 12.2. The molecule has 3 rings (SSSR count). The third kappa shape index (κ3) is 4.38. The number of para-hydroxylation sites is 1. The van der Waals surface area contributed by atoms with Crippen LogP contribution < -0.4 is 5.32 Å². The van der Waals surface area contributed by atoms with Crippen LogP contribution in [-0.4, -0.2) is 40.0 Å². The Bertz CT molecular complexity index is 696. The molecular weight excluding hydrogens is 324 g/mol. The van der Waals surface area contributed by atoms with Gasteiger partial charge in [0.2, 0.25) is 10.9 Å². The highest BCUT2D eigenvalue weighted by Gasteiger charge is 2.18. The zero-order valence-electron chi connectivity index (χ0n) is 13.4. The number of carbonyl (C=O) groups is 2. The van der Waals surface area contributed by atoms with Gasteiger partial charge in [-0.2, -0.15) is 0 Å². The van der Waals surface area contributed by atoms with Gasteiger partial charge >= 0.3 is 0 Å². The summed E-state index contributed by atoms with van der Waals surface area (Å²) in [5.74, 6) is -0.104. The van der Waals surface area contributed by atoms with Gasteiger partial charge in [0.15, 0.2) is 0 Å². The van der Waals surface area contributed by atoms with Crippen molar-refractivity contribution in [3.05, 3.63) is 40.3 Å². The lowest BCUT2D eigenvalue weighted by Gasteiger charge is -2.26. The molecule has 0 spiro atoms. The maximum absolute atomic E-state index is 12.2. The summed E-state index contributed by atoms with van der Waals surface area (Å²) in [7, 11) is 0. The molecule has 2 aromatic rings. The molecular formula is C17H20N4O2S. The molecule has 0 saturated carbocycles. The number of hydrogen-bond donors (Lipinski definition) is 1. The molecule has 0 aliphatic carbocycles. The van der Waals surface area contributed by atoms with E-state index >= 15 is 0 Å². The van der Waals surface area contributed by atoms with Crippen LogP contribution >= 0.6 is 11.3 Å². The van der Waals surface area contributed by atoms with Gasteiger partial charge < -0.3 is 10.2 Å². The molecule has 1 aliphatic heterocycles. The van der Waals surface area contributed by atoms with Gasteiger partial charge in [-0.1, -0.05) is 29.5 Å². The van der Waals surface area contributed by atoms with Crippen molar-refractivity contribution >= 4 is 28.8 Å². The fraction of sp³-hybridized carbons (Fsp3) is 0.412. The van der Waals surface area contributed by atoms with Gasteiger partial charge in [0.25, 0.3) is 5.91 Å². The van der Waals surface area contributed by atoms with E-state index in [2.05, 4.69) is 15.5 Å². The Morgan fingerprint density at radius 2 is 1.83 bits per heavy atom. The van der Waals surface area contributed by atoms with Crippen molar-refractivity contribution in [2.45, 2.75) is 32.1 Å². The first kappa shape index (κ1) is 16.6. The molecule has 1 aliphatic rings. The van der Waals surface area contributed by atoms with Crippen molar-refractivity contribution in [2.75, 3.05) is 18.4 Å². The van der Waals surface area contributed by atoms with Crippen molar-refractivity contribution in [1.82, 2.24) is 15.1 Å². The van der Waals surface area contributed by atoms with E-state index in [1.807, 2.05) is 35.2 Å². The minimum absolute atomic E-state index is 0.167. The third-order valence-corrected chi connectivity index (χ3v) is 4.94. The summed E-state index contributed by atoms with van der Waals surface area (Å²) in [5, 5.41) is 11.8. The summed E-state index contributed by atoms with van der Waals surface area (Å²) in [6.07, 6.45) is 4.35. The Morgan fingerprint density at radius 3 is 2.58 bits per heavy atom. The molecule has 0 bridgehead atoms. The van der Waals surface area contributed by atoms with Gasteiger partial charge in [0.05, 0.1) is 0 Å². The number of hydrogen-bond acceptors (Lipinski definition) is 5. The summed E-state index contributed by atoms with van der Waals surface area (Å²) < 4.78 is 0. The van der Waals surface area contributed by atoms with Gasteiger partial charge in [-0.3, -0.25) is 9.59 Å². The minimum Gasteiger partial charge on any atom is -0.343 e. The van der Waals surface area contributed by atoms with Crippen LogP contribution in [0.1, 0.15) is 40.5 Å². The Hall–Kier alpha value is -2.28. The highest BCUT2D eigenvalue weighted by molar-refractivity contribution is 7.13. The van der Waals surface area contributed by atoms with Crippen LogP contribution in [-0.2, 0) is 11.2 Å². The summed E-state index contributed by atoms with van der Waals surface area (Å²) in [6.45, 7) is 1.72. The summed E-state index contributed by atoms with van der Waals surface area (Å²) in [5.41, 5.74) is 0.722. The largest absolute Gasteiger partial charge is 0.343 e.